The van der Waals surface area contributed by atoms with E-state index in [1.807, 2.05) is 51.1 Å². The molecule has 0 spiro atoms. The quantitative estimate of drug-likeness (QED) is 0.775. The number of hydrogen-bond donors (Lipinski definition) is 0. The van der Waals surface area contributed by atoms with Crippen LogP contribution in [-0.2, 0) is 20.8 Å². The van der Waals surface area contributed by atoms with Crippen molar-refractivity contribution in [2.45, 2.75) is 65.4 Å². The predicted octanol–water partition coefficient (Wildman–Crippen LogP) is 3.97. The highest BCUT2D eigenvalue weighted by Crippen LogP contribution is 2.25. The molecule has 1 aromatic carbocycles. The molecule has 0 radical (unpaired) electrons. The molecule has 1 fully saturated rings. The number of carbonyl (C=O) groups excluding carboxylic acids is 2. The van der Waals surface area contributed by atoms with Crippen LogP contribution in [0.15, 0.2) is 30.3 Å². The lowest BCUT2D eigenvalue weighted by molar-refractivity contribution is -0.0650. The molecule has 2 amide bonds. The summed E-state index contributed by atoms with van der Waals surface area (Å²) < 4.78 is 16.5. The summed E-state index contributed by atoms with van der Waals surface area (Å²) >= 11 is 0. The van der Waals surface area contributed by atoms with Crippen LogP contribution >= 0.6 is 0 Å². The lowest BCUT2D eigenvalue weighted by atomic mass is 10.1. The molecule has 1 aliphatic rings. The Hall–Kier alpha value is -2.28. The highest BCUT2D eigenvalue weighted by Gasteiger charge is 2.44. The minimum atomic E-state index is -0.664. The molecule has 1 atom stereocenters. The smallest absolute Gasteiger partial charge is 0.429 e. The van der Waals surface area contributed by atoms with E-state index in [0.717, 1.165) is 5.56 Å². The third-order valence-corrected chi connectivity index (χ3v) is 3.71. The van der Waals surface area contributed by atoms with E-state index >= 15 is 0 Å². The van der Waals surface area contributed by atoms with Crippen molar-refractivity contribution in [3.8, 4) is 0 Å². The Morgan fingerprint density at radius 3 is 2.37 bits per heavy atom. The Morgan fingerprint density at radius 1 is 1.19 bits per heavy atom. The van der Waals surface area contributed by atoms with Gasteiger partial charge in [-0.05, 0) is 47.1 Å². The van der Waals surface area contributed by atoms with Gasteiger partial charge in [-0.15, -0.1) is 0 Å². The van der Waals surface area contributed by atoms with Crippen LogP contribution in [0.4, 0.5) is 9.59 Å². The van der Waals surface area contributed by atoms with Gasteiger partial charge in [0.2, 0.25) is 0 Å². The Bertz CT molecular complexity index is 649. The second-order valence-electron chi connectivity index (χ2n) is 8.55. The summed E-state index contributed by atoms with van der Waals surface area (Å²) in [7, 11) is 0. The van der Waals surface area contributed by atoms with E-state index in [9.17, 15) is 9.59 Å². The van der Waals surface area contributed by atoms with Crippen LogP contribution in [-0.4, -0.2) is 52.6 Å². The topological polar surface area (TPSA) is 68.3 Å². The summed E-state index contributed by atoms with van der Waals surface area (Å²) in [5, 5.41) is 2.61. The Labute approximate surface area is 161 Å². The maximum atomic E-state index is 12.7. The molecule has 0 aliphatic carbocycles. The summed E-state index contributed by atoms with van der Waals surface area (Å²) in [4.78, 5) is 25.0. The monoisotopic (exact) mass is 378 g/mol. The van der Waals surface area contributed by atoms with Gasteiger partial charge in [0.25, 0.3) is 0 Å². The highest BCUT2D eigenvalue weighted by atomic mass is 16.6. The third-order valence-electron chi connectivity index (χ3n) is 3.71. The van der Waals surface area contributed by atoms with E-state index in [0.29, 0.717) is 6.61 Å². The van der Waals surface area contributed by atoms with Crippen LogP contribution in [0.25, 0.3) is 0 Å². The number of hydrazine groups is 1. The van der Waals surface area contributed by atoms with Gasteiger partial charge in [-0.3, -0.25) is 0 Å². The van der Waals surface area contributed by atoms with Crippen molar-refractivity contribution in [1.29, 1.82) is 0 Å². The van der Waals surface area contributed by atoms with Gasteiger partial charge in [0.15, 0.2) is 0 Å². The Morgan fingerprint density at radius 2 is 1.81 bits per heavy atom. The number of benzene rings is 1. The van der Waals surface area contributed by atoms with Crippen LogP contribution in [0.3, 0.4) is 0 Å². The molecule has 150 valence electrons. The second kappa shape index (κ2) is 8.17. The van der Waals surface area contributed by atoms with Gasteiger partial charge >= 0.3 is 12.2 Å². The Balaban J connectivity index is 1.99. The summed E-state index contributed by atoms with van der Waals surface area (Å²) in [6.07, 6.45) is -1.62. The average Bonchev–Trinajstić information content (AvgIpc) is 2.86. The average molecular weight is 378 g/mol. The van der Waals surface area contributed by atoms with Gasteiger partial charge in [-0.1, -0.05) is 30.3 Å². The number of nitrogens with zero attached hydrogens (tertiary/aromatic N) is 2. The molecule has 1 aliphatic heterocycles. The van der Waals surface area contributed by atoms with Crippen LogP contribution in [0.2, 0.25) is 0 Å². The van der Waals surface area contributed by atoms with Crippen LogP contribution in [0.1, 0.15) is 47.1 Å². The van der Waals surface area contributed by atoms with Crippen molar-refractivity contribution < 1.29 is 23.8 Å². The largest absolute Gasteiger partial charge is 0.442 e. The van der Waals surface area contributed by atoms with Crippen molar-refractivity contribution in [1.82, 2.24) is 10.0 Å². The Kier molecular flexibility index (Phi) is 6.36. The zero-order valence-corrected chi connectivity index (χ0v) is 17.0. The van der Waals surface area contributed by atoms with Crippen LogP contribution in [0, 0.1) is 0 Å². The number of rotatable bonds is 5. The van der Waals surface area contributed by atoms with Gasteiger partial charge in [0.05, 0.1) is 25.3 Å². The maximum Gasteiger partial charge on any atom is 0.429 e. The molecule has 1 aromatic rings. The fraction of sp³-hybridized carbons (Fsp3) is 0.600. The molecular formula is C20H30N2O5. The third kappa shape index (κ3) is 6.13. The van der Waals surface area contributed by atoms with Gasteiger partial charge in [0, 0.05) is 0 Å². The zero-order chi connectivity index (χ0) is 20.2. The number of cyclic esters (lactones) is 1. The molecule has 27 heavy (non-hydrogen) atoms. The van der Waals surface area contributed by atoms with E-state index in [1.54, 1.807) is 20.8 Å². The highest BCUT2D eigenvalue weighted by molar-refractivity contribution is 5.76. The molecule has 0 aromatic heterocycles. The lowest BCUT2D eigenvalue weighted by Gasteiger charge is -2.40. The molecule has 7 nitrogen and oxygen atoms in total. The van der Waals surface area contributed by atoms with Crippen molar-refractivity contribution in [3.63, 3.8) is 0 Å². The van der Waals surface area contributed by atoms with Gasteiger partial charge in [0.1, 0.15) is 11.7 Å². The molecule has 0 bridgehead atoms. The standard InChI is InChI=1S/C20H30N2O5/c1-19(2,3)22(18(24)27-20(4,5)6)21-12-16(26-17(21)23)14-25-13-15-10-8-7-9-11-15/h7-11,16H,12-14H2,1-6H3. The summed E-state index contributed by atoms with van der Waals surface area (Å²) in [5.41, 5.74) is -0.271. The van der Waals surface area contributed by atoms with E-state index in [2.05, 4.69) is 0 Å². The van der Waals surface area contributed by atoms with E-state index < -0.39 is 29.4 Å². The number of ether oxygens (including phenoxy) is 3. The number of carbonyl (C=O) groups is 2. The first-order valence-electron chi connectivity index (χ1n) is 9.10. The summed E-state index contributed by atoms with van der Waals surface area (Å²) in [5.74, 6) is 0. The zero-order valence-electron chi connectivity index (χ0n) is 17.0. The molecular weight excluding hydrogens is 348 g/mol. The lowest BCUT2D eigenvalue weighted by Crippen LogP contribution is -2.57. The molecule has 0 saturated carbocycles. The molecule has 1 heterocycles. The molecule has 2 rings (SSSR count). The van der Waals surface area contributed by atoms with Gasteiger partial charge in [-0.25, -0.2) is 19.6 Å². The molecule has 1 saturated heterocycles. The molecule has 0 N–H and O–H groups in total. The molecule has 7 heteroatoms. The normalized spacial score (nSPS) is 17.6. The van der Waals surface area contributed by atoms with Crippen LogP contribution < -0.4 is 0 Å². The fourth-order valence-electron chi connectivity index (χ4n) is 2.68. The first kappa shape index (κ1) is 21.0. The maximum absolute atomic E-state index is 12.7. The SMILES string of the molecule is CC(C)(C)OC(=O)N(N1CC(COCc2ccccc2)OC1=O)C(C)(C)C. The number of amides is 2. The molecule has 1 unspecified atom stereocenters. The minimum absolute atomic E-state index is 0.226. The van der Waals surface area contributed by atoms with E-state index in [4.69, 9.17) is 14.2 Å². The van der Waals surface area contributed by atoms with Crippen molar-refractivity contribution in [2.75, 3.05) is 13.2 Å². The van der Waals surface area contributed by atoms with Crippen molar-refractivity contribution in [3.05, 3.63) is 35.9 Å². The summed E-state index contributed by atoms with van der Waals surface area (Å²) in [6, 6.07) is 9.77. The fourth-order valence-corrected chi connectivity index (χ4v) is 2.68. The van der Waals surface area contributed by atoms with Gasteiger partial charge < -0.3 is 14.2 Å². The predicted molar refractivity (Wildman–Crippen MR) is 101 cm³/mol. The first-order valence-corrected chi connectivity index (χ1v) is 9.10. The second-order valence-corrected chi connectivity index (χ2v) is 8.55. The van der Waals surface area contributed by atoms with Crippen molar-refractivity contribution in [2.24, 2.45) is 0 Å². The van der Waals surface area contributed by atoms with E-state index in [-0.39, 0.29) is 13.2 Å². The van der Waals surface area contributed by atoms with E-state index in [1.165, 1.54) is 10.0 Å². The summed E-state index contributed by atoms with van der Waals surface area (Å²) in [6.45, 7) is 11.8. The van der Waals surface area contributed by atoms with Crippen LogP contribution in [0.5, 0.6) is 0 Å². The first-order chi connectivity index (χ1) is 12.5. The van der Waals surface area contributed by atoms with Crippen molar-refractivity contribution >= 4 is 12.2 Å². The number of hydrogen-bond acceptors (Lipinski definition) is 5. The van der Waals surface area contributed by atoms with Gasteiger partial charge in [-0.2, -0.15) is 0 Å². The minimum Gasteiger partial charge on any atom is -0.442 e.